The van der Waals surface area contributed by atoms with Gasteiger partial charge in [0.15, 0.2) is 5.65 Å². The minimum Gasteiger partial charge on any atom is -0.350 e. The van der Waals surface area contributed by atoms with Crippen molar-refractivity contribution >= 4 is 22.6 Å². The molecular formula is C21H17FN6O4. The van der Waals surface area contributed by atoms with Crippen LogP contribution in [0.5, 0.6) is 0 Å². The van der Waals surface area contributed by atoms with Gasteiger partial charge in [0.05, 0.1) is 24.2 Å². The number of fused-ring (bicyclic) bond motifs is 1. The van der Waals surface area contributed by atoms with Crippen molar-refractivity contribution in [3.8, 4) is 0 Å². The highest BCUT2D eigenvalue weighted by Gasteiger charge is 2.19. The molecule has 10 nitrogen and oxygen atoms in total. The van der Waals surface area contributed by atoms with Crippen LogP contribution in [-0.2, 0) is 13.1 Å². The minimum atomic E-state index is -0.619. The molecule has 4 rings (SSSR count). The van der Waals surface area contributed by atoms with Gasteiger partial charge in [-0.05, 0) is 12.1 Å². The zero-order chi connectivity index (χ0) is 22.7. The number of para-hydroxylation sites is 1. The normalized spacial score (nSPS) is 10.9. The summed E-state index contributed by atoms with van der Waals surface area (Å²) in [6.45, 7) is 0.340. The van der Waals surface area contributed by atoms with Crippen molar-refractivity contribution in [1.82, 2.24) is 24.6 Å². The quantitative estimate of drug-likeness (QED) is 0.349. The SMILES string of the molecule is O=C(NCCn1ncc2c(=O)n(Cc3ccccc3F)cnc21)c1ccccc1[N+](=O)[O-]. The molecule has 0 radical (unpaired) electrons. The van der Waals surface area contributed by atoms with E-state index in [0.29, 0.717) is 11.2 Å². The molecule has 1 N–H and O–H groups in total. The van der Waals surface area contributed by atoms with E-state index < -0.39 is 16.6 Å². The Bertz CT molecular complexity index is 1380. The maximum atomic E-state index is 13.9. The number of rotatable bonds is 7. The maximum absolute atomic E-state index is 13.9. The monoisotopic (exact) mass is 436 g/mol. The molecule has 2 aromatic heterocycles. The van der Waals surface area contributed by atoms with Crippen molar-refractivity contribution in [3.05, 3.63) is 98.5 Å². The third kappa shape index (κ3) is 4.08. The van der Waals surface area contributed by atoms with Crippen molar-refractivity contribution in [3.63, 3.8) is 0 Å². The van der Waals surface area contributed by atoms with Crippen LogP contribution >= 0.6 is 0 Å². The highest BCUT2D eigenvalue weighted by molar-refractivity contribution is 5.98. The van der Waals surface area contributed by atoms with Gasteiger partial charge in [-0.15, -0.1) is 0 Å². The number of nitro benzene ring substituents is 1. The highest BCUT2D eigenvalue weighted by Crippen LogP contribution is 2.17. The van der Waals surface area contributed by atoms with E-state index in [2.05, 4.69) is 15.4 Å². The fraction of sp³-hybridized carbons (Fsp3) is 0.143. The number of nitro groups is 1. The molecule has 0 spiro atoms. The molecule has 32 heavy (non-hydrogen) atoms. The summed E-state index contributed by atoms with van der Waals surface area (Å²) in [5, 5.41) is 18.1. The summed E-state index contributed by atoms with van der Waals surface area (Å²) in [6, 6.07) is 11.8. The molecular weight excluding hydrogens is 419 g/mol. The first kappa shape index (κ1) is 20.8. The summed E-state index contributed by atoms with van der Waals surface area (Å²) in [5.41, 5.74) is -0.0161. The summed E-state index contributed by atoms with van der Waals surface area (Å²) in [4.78, 5) is 39.8. The Labute approximate surface area is 180 Å². The smallest absolute Gasteiger partial charge is 0.282 e. The van der Waals surface area contributed by atoms with Crippen molar-refractivity contribution in [2.45, 2.75) is 13.1 Å². The van der Waals surface area contributed by atoms with E-state index in [1.54, 1.807) is 24.3 Å². The number of carbonyl (C=O) groups is 1. The highest BCUT2D eigenvalue weighted by atomic mass is 19.1. The predicted octanol–water partition coefficient (Wildman–Crippen LogP) is 2.12. The van der Waals surface area contributed by atoms with E-state index >= 15 is 0 Å². The van der Waals surface area contributed by atoms with Crippen molar-refractivity contribution in [2.24, 2.45) is 0 Å². The van der Waals surface area contributed by atoms with Crippen molar-refractivity contribution in [2.75, 3.05) is 6.54 Å². The number of benzene rings is 2. The predicted molar refractivity (Wildman–Crippen MR) is 113 cm³/mol. The number of carbonyl (C=O) groups excluding carboxylic acids is 1. The number of hydrogen-bond donors (Lipinski definition) is 1. The van der Waals surface area contributed by atoms with Gasteiger partial charge in [-0.2, -0.15) is 5.10 Å². The Kier molecular flexibility index (Phi) is 5.71. The van der Waals surface area contributed by atoms with E-state index in [1.165, 1.54) is 46.0 Å². The fourth-order valence-corrected chi connectivity index (χ4v) is 3.28. The molecule has 2 aromatic carbocycles. The fourth-order valence-electron chi connectivity index (χ4n) is 3.28. The molecule has 2 heterocycles. The second kappa shape index (κ2) is 8.76. The molecule has 0 saturated heterocycles. The topological polar surface area (TPSA) is 125 Å². The van der Waals surface area contributed by atoms with Crippen LogP contribution in [0.25, 0.3) is 11.0 Å². The standard InChI is InChI=1S/C21H17FN6O4/c22-17-7-3-1-5-14(17)12-26-13-24-19-16(21(26)30)11-25-27(19)10-9-23-20(29)15-6-2-4-8-18(15)28(31)32/h1-8,11,13H,9-10,12H2,(H,23,29). The number of amides is 1. The van der Waals surface area contributed by atoms with Crippen LogP contribution in [0.1, 0.15) is 15.9 Å². The van der Waals surface area contributed by atoms with E-state index in [9.17, 15) is 24.1 Å². The van der Waals surface area contributed by atoms with Crippen LogP contribution in [0.4, 0.5) is 10.1 Å². The summed E-state index contributed by atoms with van der Waals surface area (Å²) >= 11 is 0. The number of nitrogens with zero attached hydrogens (tertiary/aromatic N) is 5. The van der Waals surface area contributed by atoms with Crippen LogP contribution in [0.3, 0.4) is 0 Å². The van der Waals surface area contributed by atoms with Gasteiger partial charge in [-0.25, -0.2) is 14.1 Å². The van der Waals surface area contributed by atoms with Gasteiger partial charge in [-0.1, -0.05) is 30.3 Å². The molecule has 0 saturated carbocycles. The van der Waals surface area contributed by atoms with Gasteiger partial charge in [0.1, 0.15) is 23.1 Å². The molecule has 0 bridgehead atoms. The lowest BCUT2D eigenvalue weighted by atomic mass is 10.1. The van der Waals surface area contributed by atoms with Gasteiger partial charge in [0.2, 0.25) is 0 Å². The van der Waals surface area contributed by atoms with Crippen LogP contribution in [0.2, 0.25) is 0 Å². The van der Waals surface area contributed by atoms with E-state index in [0.717, 1.165) is 0 Å². The lowest BCUT2D eigenvalue weighted by molar-refractivity contribution is -0.385. The Balaban J connectivity index is 1.48. The van der Waals surface area contributed by atoms with Crippen molar-refractivity contribution in [1.29, 1.82) is 0 Å². The van der Waals surface area contributed by atoms with Crippen LogP contribution < -0.4 is 10.9 Å². The first-order valence-electron chi connectivity index (χ1n) is 9.61. The van der Waals surface area contributed by atoms with Gasteiger partial charge < -0.3 is 5.32 Å². The lowest BCUT2D eigenvalue weighted by Gasteiger charge is -2.08. The lowest BCUT2D eigenvalue weighted by Crippen LogP contribution is -2.28. The number of hydrogen-bond acceptors (Lipinski definition) is 6. The molecule has 4 aromatic rings. The average molecular weight is 436 g/mol. The van der Waals surface area contributed by atoms with E-state index in [1.807, 2.05) is 0 Å². The second-order valence-corrected chi connectivity index (χ2v) is 6.90. The van der Waals surface area contributed by atoms with E-state index in [-0.39, 0.29) is 41.8 Å². The molecule has 0 aliphatic rings. The second-order valence-electron chi connectivity index (χ2n) is 6.90. The number of nitrogens with one attached hydrogen (secondary N) is 1. The Morgan fingerprint density at radius 1 is 1.16 bits per heavy atom. The summed E-state index contributed by atoms with van der Waals surface area (Å²) < 4.78 is 16.6. The largest absolute Gasteiger partial charge is 0.350 e. The van der Waals surface area contributed by atoms with Crippen molar-refractivity contribution < 1.29 is 14.1 Å². The third-order valence-electron chi connectivity index (χ3n) is 4.88. The van der Waals surface area contributed by atoms with E-state index in [4.69, 9.17) is 0 Å². The summed E-state index contributed by atoms with van der Waals surface area (Å²) in [7, 11) is 0. The van der Waals surface area contributed by atoms with Crippen LogP contribution in [-0.4, -0.2) is 36.7 Å². The molecule has 11 heteroatoms. The van der Waals surface area contributed by atoms with Gasteiger partial charge in [0, 0.05) is 18.2 Å². The van der Waals surface area contributed by atoms with Crippen LogP contribution in [0, 0.1) is 15.9 Å². The zero-order valence-electron chi connectivity index (χ0n) is 16.6. The number of aromatic nitrogens is 4. The Hall–Kier alpha value is -4.41. The first-order valence-corrected chi connectivity index (χ1v) is 9.61. The van der Waals surface area contributed by atoms with Crippen LogP contribution in [0.15, 0.2) is 65.8 Å². The zero-order valence-corrected chi connectivity index (χ0v) is 16.6. The maximum Gasteiger partial charge on any atom is 0.282 e. The molecule has 0 fully saturated rings. The first-order chi connectivity index (χ1) is 15.5. The van der Waals surface area contributed by atoms with Gasteiger partial charge in [0.25, 0.3) is 17.2 Å². The number of halogens is 1. The molecule has 0 aliphatic carbocycles. The summed E-state index contributed by atoms with van der Waals surface area (Å²) in [6.07, 6.45) is 2.69. The average Bonchev–Trinajstić information content (AvgIpc) is 3.20. The molecule has 0 unspecified atom stereocenters. The Morgan fingerprint density at radius 2 is 1.91 bits per heavy atom. The molecule has 0 atom stereocenters. The Morgan fingerprint density at radius 3 is 2.69 bits per heavy atom. The minimum absolute atomic E-state index is 0.0333. The molecule has 162 valence electrons. The molecule has 1 amide bonds. The molecule has 0 aliphatic heterocycles. The van der Waals surface area contributed by atoms with Gasteiger partial charge in [-0.3, -0.25) is 24.3 Å². The van der Waals surface area contributed by atoms with Gasteiger partial charge >= 0.3 is 0 Å². The summed E-state index contributed by atoms with van der Waals surface area (Å²) in [5.74, 6) is -1.00. The third-order valence-corrected chi connectivity index (χ3v) is 4.88.